The van der Waals surface area contributed by atoms with Crippen molar-refractivity contribution in [3.8, 4) is 0 Å². The van der Waals surface area contributed by atoms with Crippen molar-refractivity contribution >= 4 is 11.8 Å². The first-order chi connectivity index (χ1) is 13.0. The van der Waals surface area contributed by atoms with Crippen molar-refractivity contribution in [2.45, 2.75) is 96.9 Å². The molecule has 28 heavy (non-hydrogen) atoms. The van der Waals surface area contributed by atoms with Gasteiger partial charge in [0.1, 0.15) is 11.9 Å². The van der Waals surface area contributed by atoms with Gasteiger partial charge in [-0.15, -0.1) is 0 Å². The summed E-state index contributed by atoms with van der Waals surface area (Å²) in [6, 6.07) is 0. The second-order valence-electron chi connectivity index (χ2n) is 10.7. The summed E-state index contributed by atoms with van der Waals surface area (Å²) in [4.78, 5) is 23.7. The van der Waals surface area contributed by atoms with Crippen molar-refractivity contribution < 1.29 is 24.5 Å². The Kier molecular flexibility index (Phi) is 4.74. The average molecular weight is 393 g/mol. The Morgan fingerprint density at radius 2 is 1.68 bits per heavy atom. The number of hydrogen-bond acceptors (Lipinski definition) is 5. The van der Waals surface area contributed by atoms with Gasteiger partial charge in [-0.1, -0.05) is 13.8 Å². The molecule has 158 valence electrons. The van der Waals surface area contributed by atoms with E-state index in [2.05, 4.69) is 6.92 Å². The maximum atomic E-state index is 12.3. The normalized spacial score (nSPS) is 52.9. The molecule has 0 aromatic rings. The molecule has 9 atom stereocenters. The van der Waals surface area contributed by atoms with Crippen LogP contribution in [0.3, 0.4) is 0 Å². The van der Waals surface area contributed by atoms with Crippen molar-refractivity contribution in [3.05, 3.63) is 0 Å². The summed E-state index contributed by atoms with van der Waals surface area (Å²) in [6.45, 7) is 7.37. The van der Waals surface area contributed by atoms with Crippen LogP contribution in [0.1, 0.15) is 79.1 Å². The quantitative estimate of drug-likeness (QED) is 0.705. The van der Waals surface area contributed by atoms with Gasteiger partial charge in [0.25, 0.3) is 0 Å². The molecule has 5 heteroatoms. The number of hydrogen-bond donors (Lipinski definition) is 2. The van der Waals surface area contributed by atoms with Crippen LogP contribution in [0.5, 0.6) is 0 Å². The van der Waals surface area contributed by atoms with E-state index in [1.807, 2.05) is 6.92 Å². The van der Waals surface area contributed by atoms with Gasteiger partial charge in [0.15, 0.2) is 0 Å². The van der Waals surface area contributed by atoms with Gasteiger partial charge in [0.05, 0.1) is 11.7 Å². The van der Waals surface area contributed by atoms with Gasteiger partial charge in [-0.2, -0.15) is 0 Å². The number of fused-ring (bicyclic) bond motifs is 5. The molecule has 0 heterocycles. The van der Waals surface area contributed by atoms with Crippen LogP contribution < -0.4 is 0 Å². The van der Waals surface area contributed by atoms with Gasteiger partial charge in [0.2, 0.25) is 0 Å². The molecule has 4 saturated carbocycles. The minimum atomic E-state index is -0.966. The van der Waals surface area contributed by atoms with E-state index in [0.717, 1.165) is 32.1 Å². The third kappa shape index (κ3) is 2.57. The molecular formula is C23H36O5. The van der Waals surface area contributed by atoms with Crippen molar-refractivity contribution in [3.63, 3.8) is 0 Å². The molecule has 0 bridgehead atoms. The predicted molar refractivity (Wildman–Crippen MR) is 104 cm³/mol. The highest BCUT2D eigenvalue weighted by Gasteiger charge is 2.70. The minimum absolute atomic E-state index is 0.00238. The van der Waals surface area contributed by atoms with E-state index in [4.69, 9.17) is 4.74 Å². The zero-order chi connectivity index (χ0) is 20.5. The molecule has 0 amide bonds. The lowest BCUT2D eigenvalue weighted by molar-refractivity contribution is -0.246. The van der Waals surface area contributed by atoms with E-state index < -0.39 is 17.1 Å². The smallest absolute Gasteiger partial charge is 0.302 e. The SMILES string of the molecule is CC(=O)O[C@H]1CC[C@@]2(C)[C@H](CC[C@@H]3[C@@H]2C[C@@H](O)[C@]2(C)[C@@H](C(C)=O)CC[C@]32O)C1. The fourth-order valence-electron chi connectivity index (χ4n) is 8.16. The summed E-state index contributed by atoms with van der Waals surface area (Å²) in [5.74, 6) is 0.482. The van der Waals surface area contributed by atoms with Crippen LogP contribution in [0.2, 0.25) is 0 Å². The fraction of sp³-hybridized carbons (Fsp3) is 0.913. The Morgan fingerprint density at radius 3 is 2.32 bits per heavy atom. The number of ketones is 1. The van der Waals surface area contributed by atoms with Gasteiger partial charge in [-0.25, -0.2) is 0 Å². The third-order valence-corrected chi connectivity index (χ3v) is 9.72. The zero-order valence-electron chi connectivity index (χ0n) is 17.7. The Labute approximate surface area is 168 Å². The molecule has 0 radical (unpaired) electrons. The molecule has 0 aliphatic heterocycles. The molecular weight excluding hydrogens is 356 g/mol. The van der Waals surface area contributed by atoms with Gasteiger partial charge in [-0.3, -0.25) is 9.59 Å². The van der Waals surface area contributed by atoms with Crippen LogP contribution in [-0.4, -0.2) is 39.8 Å². The van der Waals surface area contributed by atoms with E-state index in [1.165, 1.54) is 6.92 Å². The van der Waals surface area contributed by atoms with Gasteiger partial charge in [0, 0.05) is 18.3 Å². The predicted octanol–water partition coefficient (Wildman–Crippen LogP) is 3.25. The van der Waals surface area contributed by atoms with Crippen molar-refractivity contribution in [2.75, 3.05) is 0 Å². The minimum Gasteiger partial charge on any atom is -0.463 e. The van der Waals surface area contributed by atoms with Crippen molar-refractivity contribution in [1.29, 1.82) is 0 Å². The molecule has 4 aliphatic carbocycles. The molecule has 0 saturated heterocycles. The van der Waals surface area contributed by atoms with Crippen LogP contribution in [0, 0.1) is 34.5 Å². The molecule has 4 aliphatic rings. The number of ether oxygens (including phenoxy) is 1. The summed E-state index contributed by atoms with van der Waals surface area (Å²) in [6.07, 6.45) is 5.97. The Hall–Kier alpha value is -0.940. The molecule has 2 N–H and O–H groups in total. The number of esters is 1. The molecule has 0 spiro atoms. The first-order valence-corrected chi connectivity index (χ1v) is 11.1. The summed E-state index contributed by atoms with van der Waals surface area (Å²) < 4.78 is 5.51. The molecule has 0 aromatic carbocycles. The van der Waals surface area contributed by atoms with Crippen LogP contribution in [-0.2, 0) is 14.3 Å². The lowest BCUT2D eigenvalue weighted by Gasteiger charge is -2.64. The first kappa shape index (κ1) is 20.3. The number of carbonyl (C=O) groups is 2. The van der Waals surface area contributed by atoms with Crippen LogP contribution in [0.4, 0.5) is 0 Å². The van der Waals surface area contributed by atoms with Crippen LogP contribution in [0.25, 0.3) is 0 Å². The highest BCUT2D eigenvalue weighted by atomic mass is 16.5. The van der Waals surface area contributed by atoms with E-state index in [1.54, 1.807) is 6.92 Å². The summed E-state index contributed by atoms with van der Waals surface area (Å²) in [5.41, 5.74) is -1.66. The summed E-state index contributed by atoms with van der Waals surface area (Å²) >= 11 is 0. The Morgan fingerprint density at radius 1 is 0.964 bits per heavy atom. The topological polar surface area (TPSA) is 83.8 Å². The monoisotopic (exact) mass is 392 g/mol. The summed E-state index contributed by atoms with van der Waals surface area (Å²) in [5, 5.41) is 23.2. The highest BCUT2D eigenvalue weighted by molar-refractivity contribution is 5.80. The van der Waals surface area contributed by atoms with E-state index in [0.29, 0.717) is 25.2 Å². The maximum Gasteiger partial charge on any atom is 0.302 e. The highest BCUT2D eigenvalue weighted by Crippen LogP contribution is 2.69. The molecule has 0 unspecified atom stereocenters. The second-order valence-corrected chi connectivity index (χ2v) is 10.7. The maximum absolute atomic E-state index is 12.3. The van der Waals surface area contributed by atoms with E-state index >= 15 is 0 Å². The number of carbonyl (C=O) groups excluding carboxylic acids is 2. The van der Waals surface area contributed by atoms with E-state index in [-0.39, 0.29) is 41.0 Å². The van der Waals surface area contributed by atoms with Gasteiger partial charge >= 0.3 is 5.97 Å². The summed E-state index contributed by atoms with van der Waals surface area (Å²) in [7, 11) is 0. The van der Waals surface area contributed by atoms with Gasteiger partial charge < -0.3 is 14.9 Å². The zero-order valence-corrected chi connectivity index (χ0v) is 17.7. The third-order valence-electron chi connectivity index (χ3n) is 9.72. The van der Waals surface area contributed by atoms with Crippen LogP contribution in [0.15, 0.2) is 0 Å². The lowest BCUT2D eigenvalue weighted by Crippen LogP contribution is -2.67. The van der Waals surface area contributed by atoms with Crippen molar-refractivity contribution in [1.82, 2.24) is 0 Å². The molecule has 4 rings (SSSR count). The molecule has 0 aromatic heterocycles. The number of aliphatic hydroxyl groups is 2. The molecule has 4 fully saturated rings. The average Bonchev–Trinajstić information content (AvgIpc) is 2.89. The van der Waals surface area contributed by atoms with Gasteiger partial charge in [-0.05, 0) is 81.5 Å². The standard InChI is InChI=1S/C23H36O5/c1-13(24)17-8-10-23(27)18-6-5-15-11-16(28-14(2)25)7-9-21(15,3)19(18)12-20(26)22(17,23)4/h15-20,26-27H,5-12H2,1-4H3/t15-,16+,17-,18-,19+,20-,21+,22+,23+/m1/s1. The Bertz CT molecular complexity index is 676. The lowest BCUT2D eigenvalue weighted by atomic mass is 9.42. The first-order valence-electron chi connectivity index (χ1n) is 11.1. The largest absolute Gasteiger partial charge is 0.463 e. The van der Waals surface area contributed by atoms with Crippen molar-refractivity contribution in [2.24, 2.45) is 34.5 Å². The number of rotatable bonds is 2. The van der Waals surface area contributed by atoms with E-state index in [9.17, 15) is 19.8 Å². The van der Waals surface area contributed by atoms with Crippen LogP contribution >= 0.6 is 0 Å². The number of aliphatic hydroxyl groups excluding tert-OH is 1. The second kappa shape index (κ2) is 6.53. The fourth-order valence-corrected chi connectivity index (χ4v) is 8.16. The number of Topliss-reactive ketones (excluding diaryl/α,β-unsaturated/α-hetero) is 1. The Balaban J connectivity index is 1.63. The molecule has 5 nitrogen and oxygen atoms in total.